The number of amides is 1. The molecule has 0 fully saturated rings. The summed E-state index contributed by atoms with van der Waals surface area (Å²) in [6.07, 6.45) is 1.36. The summed E-state index contributed by atoms with van der Waals surface area (Å²) in [5.74, 6) is -0.422. The Bertz CT molecular complexity index is 699. The Balaban J connectivity index is 2.17. The molecule has 2 aromatic rings. The number of oxime groups is 1. The molecule has 0 saturated carbocycles. The topological polar surface area (TPSA) is 101 Å². The molecule has 1 heterocycles. The maximum atomic E-state index is 12.1. The third kappa shape index (κ3) is 3.49. The van der Waals surface area contributed by atoms with Gasteiger partial charge >= 0.3 is 0 Å². The van der Waals surface area contributed by atoms with Gasteiger partial charge < -0.3 is 16.3 Å². The van der Waals surface area contributed by atoms with E-state index in [0.717, 1.165) is 5.56 Å². The fraction of sp³-hybridized carbons (Fsp3) is 0.0714. The molecular weight excluding hydrogens is 292 g/mol. The number of hydrogen-bond acceptors (Lipinski definition) is 4. The van der Waals surface area contributed by atoms with Crippen LogP contribution in [0.3, 0.4) is 0 Å². The van der Waals surface area contributed by atoms with Crippen LogP contribution in [0, 0.1) is 6.92 Å². The van der Waals surface area contributed by atoms with Crippen LogP contribution in [0.1, 0.15) is 21.6 Å². The Hall–Kier alpha value is -2.60. The van der Waals surface area contributed by atoms with Gasteiger partial charge in [0.25, 0.3) is 5.91 Å². The van der Waals surface area contributed by atoms with Gasteiger partial charge in [0.2, 0.25) is 0 Å². The molecule has 0 aliphatic heterocycles. The van der Waals surface area contributed by atoms with E-state index in [2.05, 4.69) is 15.5 Å². The number of anilines is 1. The van der Waals surface area contributed by atoms with E-state index in [1.165, 1.54) is 12.3 Å². The van der Waals surface area contributed by atoms with Gasteiger partial charge in [-0.1, -0.05) is 16.8 Å². The zero-order valence-corrected chi connectivity index (χ0v) is 11.9. The van der Waals surface area contributed by atoms with Crippen molar-refractivity contribution in [1.82, 2.24) is 4.98 Å². The van der Waals surface area contributed by atoms with Gasteiger partial charge in [0.05, 0.1) is 0 Å². The molecule has 21 heavy (non-hydrogen) atoms. The second-order valence-corrected chi connectivity index (χ2v) is 4.77. The molecule has 0 aliphatic rings. The number of nitrogens with one attached hydrogen (secondary N) is 1. The van der Waals surface area contributed by atoms with Crippen LogP contribution in [-0.4, -0.2) is 21.9 Å². The average Bonchev–Trinajstić information content (AvgIpc) is 2.49. The quantitative estimate of drug-likeness (QED) is 0.351. The summed E-state index contributed by atoms with van der Waals surface area (Å²) in [4.78, 5) is 16.1. The molecule has 1 aromatic heterocycles. The van der Waals surface area contributed by atoms with Gasteiger partial charge in [0, 0.05) is 22.5 Å². The molecule has 0 unspecified atom stereocenters. The Morgan fingerprint density at radius 3 is 2.71 bits per heavy atom. The smallest absolute Gasteiger partial charge is 0.274 e. The molecule has 1 amide bonds. The van der Waals surface area contributed by atoms with Crippen molar-refractivity contribution in [3.63, 3.8) is 0 Å². The van der Waals surface area contributed by atoms with Crippen molar-refractivity contribution in [2.24, 2.45) is 10.9 Å². The summed E-state index contributed by atoms with van der Waals surface area (Å²) in [7, 11) is 0. The fourth-order valence-corrected chi connectivity index (χ4v) is 1.92. The van der Waals surface area contributed by atoms with Crippen LogP contribution in [0.5, 0.6) is 0 Å². The third-order valence-electron chi connectivity index (χ3n) is 2.84. The minimum Gasteiger partial charge on any atom is -0.409 e. The minimum atomic E-state index is -0.355. The Morgan fingerprint density at radius 1 is 1.38 bits per heavy atom. The lowest BCUT2D eigenvalue weighted by atomic mass is 10.2. The summed E-state index contributed by atoms with van der Waals surface area (Å²) >= 11 is 5.86. The van der Waals surface area contributed by atoms with Crippen molar-refractivity contribution in [3.05, 3.63) is 58.4 Å². The number of hydrogen-bond donors (Lipinski definition) is 3. The number of pyridine rings is 1. The van der Waals surface area contributed by atoms with Gasteiger partial charge in [0.15, 0.2) is 5.84 Å². The van der Waals surface area contributed by atoms with Gasteiger partial charge in [-0.3, -0.25) is 9.78 Å². The maximum absolute atomic E-state index is 12.1. The largest absolute Gasteiger partial charge is 0.409 e. The van der Waals surface area contributed by atoms with Crippen LogP contribution in [0.25, 0.3) is 0 Å². The third-order valence-corrected chi connectivity index (χ3v) is 3.07. The monoisotopic (exact) mass is 304 g/mol. The molecule has 6 nitrogen and oxygen atoms in total. The van der Waals surface area contributed by atoms with Gasteiger partial charge in [-0.2, -0.15) is 0 Å². The SMILES string of the molecule is Cc1cc(Cl)ccc1NC(=O)c1ccc(C(N)=NO)cn1. The van der Waals surface area contributed by atoms with Gasteiger partial charge in [0.1, 0.15) is 5.69 Å². The normalized spacial score (nSPS) is 11.2. The lowest BCUT2D eigenvalue weighted by Crippen LogP contribution is -2.17. The first kappa shape index (κ1) is 14.8. The molecule has 0 atom stereocenters. The molecule has 4 N–H and O–H groups in total. The molecule has 2 rings (SSSR count). The van der Waals surface area contributed by atoms with Gasteiger partial charge in [-0.25, -0.2) is 0 Å². The van der Waals surface area contributed by atoms with Crippen LogP contribution >= 0.6 is 11.6 Å². The highest BCUT2D eigenvalue weighted by Crippen LogP contribution is 2.20. The lowest BCUT2D eigenvalue weighted by Gasteiger charge is -2.08. The number of carbonyl (C=O) groups excluding carboxylic acids is 1. The first-order valence-corrected chi connectivity index (χ1v) is 6.40. The van der Waals surface area contributed by atoms with E-state index in [1.807, 2.05) is 6.92 Å². The second-order valence-electron chi connectivity index (χ2n) is 4.33. The van der Waals surface area contributed by atoms with Crippen molar-refractivity contribution in [1.29, 1.82) is 0 Å². The van der Waals surface area contributed by atoms with E-state index >= 15 is 0 Å². The molecule has 7 heteroatoms. The number of benzene rings is 1. The Labute approximate surface area is 126 Å². The first-order valence-electron chi connectivity index (χ1n) is 6.02. The number of aryl methyl sites for hydroxylation is 1. The number of amidine groups is 1. The van der Waals surface area contributed by atoms with Crippen LogP contribution < -0.4 is 11.1 Å². The predicted octanol–water partition coefficient (Wildman–Crippen LogP) is 2.39. The second kappa shape index (κ2) is 6.23. The number of halogens is 1. The maximum Gasteiger partial charge on any atom is 0.274 e. The summed E-state index contributed by atoms with van der Waals surface area (Å²) in [5, 5.41) is 14.8. The highest BCUT2D eigenvalue weighted by atomic mass is 35.5. The van der Waals surface area contributed by atoms with E-state index in [1.54, 1.807) is 24.3 Å². The molecule has 0 radical (unpaired) electrons. The van der Waals surface area contributed by atoms with Crippen molar-refractivity contribution >= 4 is 29.0 Å². The Kier molecular flexibility index (Phi) is 4.39. The van der Waals surface area contributed by atoms with Crippen molar-refractivity contribution in [2.75, 3.05) is 5.32 Å². The van der Waals surface area contributed by atoms with Crippen LogP contribution in [0.4, 0.5) is 5.69 Å². The highest BCUT2D eigenvalue weighted by molar-refractivity contribution is 6.30. The van der Waals surface area contributed by atoms with E-state index in [9.17, 15) is 4.79 Å². The van der Waals surface area contributed by atoms with Crippen LogP contribution in [0.2, 0.25) is 5.02 Å². The molecule has 0 spiro atoms. The van der Waals surface area contributed by atoms with Crippen molar-refractivity contribution in [3.8, 4) is 0 Å². The van der Waals surface area contributed by atoms with E-state index in [-0.39, 0.29) is 17.4 Å². The number of rotatable bonds is 3. The predicted molar refractivity (Wildman–Crippen MR) is 80.9 cm³/mol. The Morgan fingerprint density at radius 2 is 2.14 bits per heavy atom. The van der Waals surface area contributed by atoms with Crippen LogP contribution in [-0.2, 0) is 0 Å². The number of aromatic nitrogens is 1. The van der Waals surface area contributed by atoms with E-state index in [4.69, 9.17) is 22.5 Å². The van der Waals surface area contributed by atoms with E-state index in [0.29, 0.717) is 16.3 Å². The fourth-order valence-electron chi connectivity index (χ4n) is 1.69. The van der Waals surface area contributed by atoms with Crippen LogP contribution in [0.15, 0.2) is 41.7 Å². The molecule has 0 saturated heterocycles. The minimum absolute atomic E-state index is 0.0667. The molecule has 1 aromatic carbocycles. The number of carbonyl (C=O) groups is 1. The average molecular weight is 305 g/mol. The zero-order chi connectivity index (χ0) is 15.4. The highest BCUT2D eigenvalue weighted by Gasteiger charge is 2.10. The number of nitrogens with zero attached hydrogens (tertiary/aromatic N) is 2. The van der Waals surface area contributed by atoms with E-state index < -0.39 is 0 Å². The molecule has 108 valence electrons. The van der Waals surface area contributed by atoms with Gasteiger partial charge in [-0.05, 0) is 42.8 Å². The van der Waals surface area contributed by atoms with Crippen molar-refractivity contribution in [2.45, 2.75) is 6.92 Å². The summed E-state index contributed by atoms with van der Waals surface area (Å²) in [6, 6.07) is 8.21. The zero-order valence-electron chi connectivity index (χ0n) is 11.2. The lowest BCUT2D eigenvalue weighted by molar-refractivity contribution is 0.102. The molecule has 0 aliphatic carbocycles. The summed E-state index contributed by atoms with van der Waals surface area (Å²) in [5.41, 5.74) is 7.58. The molecule has 0 bridgehead atoms. The summed E-state index contributed by atoms with van der Waals surface area (Å²) < 4.78 is 0. The first-order chi connectivity index (χ1) is 10.0. The van der Waals surface area contributed by atoms with Crippen molar-refractivity contribution < 1.29 is 10.0 Å². The molecular formula is C14H13ClN4O2. The summed E-state index contributed by atoms with van der Waals surface area (Å²) in [6.45, 7) is 1.84. The van der Waals surface area contributed by atoms with Gasteiger partial charge in [-0.15, -0.1) is 0 Å². The standard InChI is InChI=1S/C14H13ClN4O2/c1-8-6-10(15)3-5-11(8)18-14(20)12-4-2-9(7-17-12)13(16)19-21/h2-7,21H,1H3,(H2,16,19)(H,18,20). The number of nitrogens with two attached hydrogens (primary N) is 1.